The van der Waals surface area contributed by atoms with Crippen LogP contribution in [-0.2, 0) is 11.3 Å². The van der Waals surface area contributed by atoms with Crippen LogP contribution in [0.2, 0.25) is 0 Å². The number of aromatic nitrogens is 2. The lowest BCUT2D eigenvalue weighted by Gasteiger charge is -2.18. The molecule has 1 aromatic carbocycles. The van der Waals surface area contributed by atoms with Crippen LogP contribution in [0, 0.1) is 5.82 Å². The third kappa shape index (κ3) is 4.24. The molecule has 3 aromatic rings. The number of furan rings is 1. The first-order chi connectivity index (χ1) is 12.7. The number of rotatable bonds is 7. The van der Waals surface area contributed by atoms with Gasteiger partial charge in [0.25, 0.3) is 5.89 Å². The summed E-state index contributed by atoms with van der Waals surface area (Å²) in [6, 6.07) is 9.71. The average Bonchev–Trinajstić information content (AvgIpc) is 3.32. The highest BCUT2D eigenvalue weighted by molar-refractivity contribution is 5.91. The van der Waals surface area contributed by atoms with Gasteiger partial charge in [0.2, 0.25) is 11.8 Å². The third-order valence-electron chi connectivity index (χ3n) is 3.64. The number of hydrogen-bond donors (Lipinski definition) is 0. The largest absolute Gasteiger partial charge is 0.459 e. The van der Waals surface area contributed by atoms with Crippen molar-refractivity contribution in [2.75, 3.05) is 6.54 Å². The first-order valence-corrected chi connectivity index (χ1v) is 8.25. The van der Waals surface area contributed by atoms with E-state index in [4.69, 9.17) is 8.83 Å². The molecule has 0 atom stereocenters. The number of carbonyl (C=O) groups is 1. The maximum absolute atomic E-state index is 13.7. The zero-order valence-electron chi connectivity index (χ0n) is 14.3. The van der Waals surface area contributed by atoms with Gasteiger partial charge in [-0.25, -0.2) is 4.39 Å². The van der Waals surface area contributed by atoms with Crippen molar-refractivity contribution in [3.63, 3.8) is 0 Å². The topological polar surface area (TPSA) is 72.4 Å². The summed E-state index contributed by atoms with van der Waals surface area (Å²) in [5, 5.41) is 7.87. The summed E-state index contributed by atoms with van der Waals surface area (Å²) in [6.07, 6.45) is 5.08. The van der Waals surface area contributed by atoms with E-state index in [9.17, 15) is 9.18 Å². The van der Waals surface area contributed by atoms with Gasteiger partial charge in [-0.1, -0.05) is 25.1 Å². The Morgan fingerprint density at radius 1 is 1.23 bits per heavy atom. The van der Waals surface area contributed by atoms with Crippen molar-refractivity contribution in [3.05, 3.63) is 66.0 Å². The zero-order chi connectivity index (χ0) is 18.4. The highest BCUT2D eigenvalue weighted by atomic mass is 19.1. The molecule has 0 saturated carbocycles. The van der Waals surface area contributed by atoms with Crippen LogP contribution in [0.1, 0.15) is 24.8 Å². The summed E-state index contributed by atoms with van der Waals surface area (Å²) in [5.41, 5.74) is 0.357. The molecule has 1 amide bonds. The Balaban J connectivity index is 1.70. The molecule has 0 aliphatic heterocycles. The molecule has 0 aliphatic carbocycles. The first kappa shape index (κ1) is 17.6. The van der Waals surface area contributed by atoms with Gasteiger partial charge in [-0.15, -0.1) is 10.2 Å². The zero-order valence-corrected chi connectivity index (χ0v) is 14.3. The van der Waals surface area contributed by atoms with Gasteiger partial charge in [0.1, 0.15) is 5.82 Å². The van der Waals surface area contributed by atoms with Crippen LogP contribution in [0.4, 0.5) is 4.39 Å². The Morgan fingerprint density at radius 2 is 2.08 bits per heavy atom. The normalized spacial score (nSPS) is 11.2. The molecule has 3 rings (SSSR count). The highest BCUT2D eigenvalue weighted by Crippen LogP contribution is 2.18. The Morgan fingerprint density at radius 3 is 2.81 bits per heavy atom. The molecule has 0 spiro atoms. The summed E-state index contributed by atoms with van der Waals surface area (Å²) < 4.78 is 24.4. The van der Waals surface area contributed by atoms with Crippen LogP contribution in [0.5, 0.6) is 0 Å². The highest BCUT2D eigenvalue weighted by Gasteiger charge is 2.16. The summed E-state index contributed by atoms with van der Waals surface area (Å²) in [6.45, 7) is 2.64. The SMILES string of the molecule is CCCN(Cc1nnc(-c2ccco2)o1)C(=O)/C=C/c1ccccc1F. The van der Waals surface area contributed by atoms with Crippen molar-refractivity contribution in [1.29, 1.82) is 0 Å². The molecule has 0 unspecified atom stereocenters. The van der Waals surface area contributed by atoms with Crippen molar-refractivity contribution < 1.29 is 18.0 Å². The molecular formula is C19H18FN3O3. The summed E-state index contributed by atoms with van der Waals surface area (Å²) >= 11 is 0. The number of nitrogens with zero attached hydrogens (tertiary/aromatic N) is 3. The Bertz CT molecular complexity index is 887. The molecule has 0 radical (unpaired) electrons. The van der Waals surface area contributed by atoms with Crippen molar-refractivity contribution in [2.45, 2.75) is 19.9 Å². The van der Waals surface area contributed by atoms with Crippen LogP contribution in [0.25, 0.3) is 17.7 Å². The fraction of sp³-hybridized carbons (Fsp3) is 0.211. The minimum atomic E-state index is -0.376. The monoisotopic (exact) mass is 355 g/mol. The number of hydrogen-bond acceptors (Lipinski definition) is 5. The average molecular weight is 355 g/mol. The van der Waals surface area contributed by atoms with Gasteiger partial charge >= 0.3 is 0 Å². The lowest BCUT2D eigenvalue weighted by molar-refractivity contribution is -0.126. The standard InChI is InChI=1S/C19H18FN3O3/c1-2-11-23(18(24)10-9-14-6-3-4-7-15(14)20)13-17-21-22-19(26-17)16-8-5-12-25-16/h3-10,12H,2,11,13H2,1H3/b10-9+. The van der Waals surface area contributed by atoms with Crippen LogP contribution in [0.15, 0.2) is 57.6 Å². The second-order valence-electron chi connectivity index (χ2n) is 5.59. The predicted molar refractivity (Wildman–Crippen MR) is 93.1 cm³/mol. The smallest absolute Gasteiger partial charge is 0.283 e. The maximum atomic E-state index is 13.7. The molecule has 2 heterocycles. The lowest BCUT2D eigenvalue weighted by Crippen LogP contribution is -2.29. The van der Waals surface area contributed by atoms with Gasteiger partial charge in [-0.05, 0) is 30.7 Å². The van der Waals surface area contributed by atoms with Gasteiger partial charge in [0, 0.05) is 18.2 Å². The molecule has 2 aromatic heterocycles. The van der Waals surface area contributed by atoms with Gasteiger partial charge in [-0.3, -0.25) is 4.79 Å². The number of amides is 1. The van der Waals surface area contributed by atoms with Crippen LogP contribution in [-0.4, -0.2) is 27.5 Å². The predicted octanol–water partition coefficient (Wildman–Crippen LogP) is 3.92. The van der Waals surface area contributed by atoms with E-state index in [1.807, 2.05) is 6.92 Å². The minimum Gasteiger partial charge on any atom is -0.459 e. The molecule has 134 valence electrons. The first-order valence-electron chi connectivity index (χ1n) is 8.25. The van der Waals surface area contributed by atoms with E-state index in [0.29, 0.717) is 23.8 Å². The quantitative estimate of drug-likeness (QED) is 0.601. The van der Waals surface area contributed by atoms with Crippen LogP contribution >= 0.6 is 0 Å². The Labute approximate surface area is 149 Å². The van der Waals surface area contributed by atoms with Crippen molar-refractivity contribution in [3.8, 4) is 11.7 Å². The molecule has 6 nitrogen and oxygen atoms in total. The number of halogens is 1. The van der Waals surface area contributed by atoms with Crippen LogP contribution in [0.3, 0.4) is 0 Å². The molecule has 0 saturated heterocycles. The molecule has 0 N–H and O–H groups in total. The molecule has 26 heavy (non-hydrogen) atoms. The maximum Gasteiger partial charge on any atom is 0.283 e. The van der Waals surface area contributed by atoms with Gasteiger partial charge in [-0.2, -0.15) is 0 Å². The number of benzene rings is 1. The molecule has 7 heteroatoms. The molecule has 0 aliphatic rings. The van der Waals surface area contributed by atoms with E-state index in [0.717, 1.165) is 6.42 Å². The Kier molecular flexibility index (Phi) is 5.58. The van der Waals surface area contributed by atoms with E-state index >= 15 is 0 Å². The fourth-order valence-corrected chi connectivity index (χ4v) is 2.39. The molecular weight excluding hydrogens is 337 g/mol. The molecule has 0 fully saturated rings. The molecule has 0 bridgehead atoms. The van der Waals surface area contributed by atoms with E-state index in [1.165, 1.54) is 24.5 Å². The lowest BCUT2D eigenvalue weighted by atomic mass is 10.2. The second kappa shape index (κ2) is 8.24. The van der Waals surface area contributed by atoms with Gasteiger partial charge < -0.3 is 13.7 Å². The second-order valence-corrected chi connectivity index (χ2v) is 5.59. The third-order valence-corrected chi connectivity index (χ3v) is 3.64. The van der Waals surface area contributed by atoms with Gasteiger partial charge in [0.05, 0.1) is 12.8 Å². The van der Waals surface area contributed by atoms with E-state index < -0.39 is 0 Å². The fourth-order valence-electron chi connectivity index (χ4n) is 2.39. The van der Waals surface area contributed by atoms with E-state index in [1.54, 1.807) is 35.2 Å². The summed E-state index contributed by atoms with van der Waals surface area (Å²) in [7, 11) is 0. The summed E-state index contributed by atoms with van der Waals surface area (Å²) in [5.74, 6) is 0.399. The van der Waals surface area contributed by atoms with Crippen molar-refractivity contribution in [1.82, 2.24) is 15.1 Å². The van der Waals surface area contributed by atoms with Crippen molar-refractivity contribution in [2.24, 2.45) is 0 Å². The van der Waals surface area contributed by atoms with Crippen molar-refractivity contribution >= 4 is 12.0 Å². The van der Waals surface area contributed by atoms with E-state index in [-0.39, 0.29) is 24.2 Å². The van der Waals surface area contributed by atoms with Gasteiger partial charge in [0.15, 0.2) is 5.76 Å². The minimum absolute atomic E-state index is 0.169. The Hall–Kier alpha value is -3.22. The summed E-state index contributed by atoms with van der Waals surface area (Å²) in [4.78, 5) is 14.0. The number of carbonyl (C=O) groups excluding carboxylic acids is 1. The van der Waals surface area contributed by atoms with E-state index in [2.05, 4.69) is 10.2 Å². The van der Waals surface area contributed by atoms with Crippen LogP contribution < -0.4 is 0 Å².